The van der Waals surface area contributed by atoms with Gasteiger partial charge in [0.2, 0.25) is 0 Å². The molecule has 1 aliphatic heterocycles. The van der Waals surface area contributed by atoms with Crippen molar-refractivity contribution in [3.63, 3.8) is 0 Å². The minimum atomic E-state index is -0.397. The molecule has 0 aromatic heterocycles. The maximum absolute atomic E-state index is 9.81. The predicted octanol–water partition coefficient (Wildman–Crippen LogP) is 2.49. The van der Waals surface area contributed by atoms with Crippen molar-refractivity contribution >= 4 is 21.6 Å². The molecular formula is C18H16BrNO3. The number of rotatable bonds is 2. The molecule has 4 nitrogen and oxygen atoms in total. The van der Waals surface area contributed by atoms with E-state index >= 15 is 0 Å². The fraction of sp³-hybridized carbons (Fsp3) is 0.611. The van der Waals surface area contributed by atoms with Gasteiger partial charge in [-0.05, 0) is 35.2 Å². The van der Waals surface area contributed by atoms with Gasteiger partial charge in [-0.25, -0.2) is 0 Å². The third-order valence-electron chi connectivity index (χ3n) is 8.19. The molecule has 7 fully saturated rings. The molecule has 0 amide bonds. The normalized spacial score (nSPS) is 58.2. The molecule has 0 radical (unpaired) electrons. The van der Waals surface area contributed by atoms with Crippen LogP contribution in [0.25, 0.3) is 0 Å². The summed E-state index contributed by atoms with van der Waals surface area (Å²) in [5, 5.41) is 13.6. The highest BCUT2D eigenvalue weighted by molar-refractivity contribution is 9.10. The van der Waals surface area contributed by atoms with E-state index in [4.69, 9.17) is 9.47 Å². The summed E-state index contributed by atoms with van der Waals surface area (Å²) < 4.78 is 12.4. The lowest BCUT2D eigenvalue weighted by Crippen LogP contribution is -2.94. The Morgan fingerprint density at radius 1 is 1.00 bits per heavy atom. The van der Waals surface area contributed by atoms with Crippen LogP contribution < -0.4 is 0 Å². The number of hydrogen-bond acceptors (Lipinski definition) is 4. The molecule has 0 unspecified atom stereocenters. The summed E-state index contributed by atoms with van der Waals surface area (Å²) in [5.74, 6) is 3.07. The summed E-state index contributed by atoms with van der Waals surface area (Å²) >= 11 is 4.07. The van der Waals surface area contributed by atoms with E-state index in [1.165, 1.54) is 0 Å². The first-order chi connectivity index (χ1) is 11.2. The Kier molecular flexibility index (Phi) is 1.77. The SMILES string of the molecule is O/N=C(/c1ccccc1)C12C3[C@H]4[C@H]1C1[C@@H]2[C@H]3C4(Br)C12OCCO2. The van der Waals surface area contributed by atoms with Crippen molar-refractivity contribution in [1.29, 1.82) is 0 Å². The Morgan fingerprint density at radius 3 is 2.22 bits per heavy atom. The topological polar surface area (TPSA) is 51.1 Å². The first-order valence-corrected chi connectivity index (χ1v) is 9.28. The molecule has 6 saturated carbocycles. The van der Waals surface area contributed by atoms with E-state index in [2.05, 4.69) is 33.2 Å². The number of ether oxygens (including phenoxy) is 2. The molecule has 4 atom stereocenters. The highest BCUT2D eigenvalue weighted by atomic mass is 79.9. The number of hydrogen-bond donors (Lipinski definition) is 1. The zero-order chi connectivity index (χ0) is 15.2. The Hall–Kier alpha value is -0.910. The molecule has 8 rings (SSSR count). The maximum Gasteiger partial charge on any atom is 0.187 e. The number of halogens is 1. The lowest BCUT2D eigenvalue weighted by molar-refractivity contribution is -0.404. The van der Waals surface area contributed by atoms with Gasteiger partial charge < -0.3 is 14.7 Å². The third kappa shape index (κ3) is 0.815. The van der Waals surface area contributed by atoms with Gasteiger partial charge in [-0.2, -0.15) is 0 Å². The smallest absolute Gasteiger partial charge is 0.187 e. The van der Waals surface area contributed by atoms with Crippen LogP contribution >= 0.6 is 15.9 Å². The summed E-state index contributed by atoms with van der Waals surface area (Å²) in [5.41, 5.74) is 2.06. The first kappa shape index (κ1) is 12.5. The Morgan fingerprint density at radius 2 is 1.61 bits per heavy atom. The van der Waals surface area contributed by atoms with Gasteiger partial charge in [-0.3, -0.25) is 0 Å². The molecule has 118 valence electrons. The second-order valence-electron chi connectivity index (χ2n) is 8.03. The van der Waals surface area contributed by atoms with Crippen molar-refractivity contribution < 1.29 is 14.7 Å². The van der Waals surface area contributed by atoms with Crippen molar-refractivity contribution in [2.24, 2.45) is 46.1 Å². The average molecular weight is 374 g/mol. The van der Waals surface area contributed by atoms with Gasteiger partial charge in [0.05, 0.1) is 23.2 Å². The van der Waals surface area contributed by atoms with Gasteiger partial charge in [0.1, 0.15) is 0 Å². The zero-order valence-electron chi connectivity index (χ0n) is 12.4. The zero-order valence-corrected chi connectivity index (χ0v) is 13.9. The third-order valence-corrected chi connectivity index (χ3v) is 9.80. The van der Waals surface area contributed by atoms with Gasteiger partial charge in [-0.1, -0.05) is 51.4 Å². The first-order valence-electron chi connectivity index (χ1n) is 8.49. The summed E-state index contributed by atoms with van der Waals surface area (Å²) in [7, 11) is 0. The minimum absolute atomic E-state index is 0.0279. The van der Waals surface area contributed by atoms with E-state index in [-0.39, 0.29) is 9.74 Å². The molecule has 1 heterocycles. The van der Waals surface area contributed by atoms with Crippen LogP contribution in [0.4, 0.5) is 0 Å². The molecular weight excluding hydrogens is 358 g/mol. The molecule has 1 aromatic rings. The lowest BCUT2D eigenvalue weighted by Gasteiger charge is -2.91. The number of benzene rings is 1. The fourth-order valence-corrected chi connectivity index (χ4v) is 9.71. The second-order valence-corrected chi connectivity index (χ2v) is 9.35. The molecule has 5 heteroatoms. The van der Waals surface area contributed by atoms with Crippen LogP contribution in [-0.4, -0.2) is 34.2 Å². The quantitative estimate of drug-likeness (QED) is 0.375. The average Bonchev–Trinajstić information content (AvgIpc) is 3.11. The van der Waals surface area contributed by atoms with Crippen LogP contribution in [0.3, 0.4) is 0 Å². The minimum Gasteiger partial charge on any atom is -0.411 e. The standard InChI is InChI=1S/C18H16BrNO3/c19-17-12-9-13(17)11-14(18(17)22-6-7-23-18)10(12)16(9,11)15(20-21)8-4-2-1-3-5-8/h1-5,9-14,21H,6-7H2/b20-15-/t9?,10-,11-,12-,13-,14?,16?,17?/m0/s1. The Bertz CT molecular complexity index is 767. The van der Waals surface area contributed by atoms with Gasteiger partial charge >= 0.3 is 0 Å². The summed E-state index contributed by atoms with van der Waals surface area (Å²) in [6.45, 7) is 1.42. The van der Waals surface area contributed by atoms with Crippen molar-refractivity contribution in [1.82, 2.24) is 0 Å². The van der Waals surface area contributed by atoms with Crippen LogP contribution in [0.2, 0.25) is 0 Å². The van der Waals surface area contributed by atoms with Gasteiger partial charge in [0, 0.05) is 11.3 Å². The summed E-state index contributed by atoms with van der Waals surface area (Å²) in [6.07, 6.45) is 0. The molecule has 2 bridgehead atoms. The lowest BCUT2D eigenvalue weighted by atomic mass is 9.12. The monoisotopic (exact) mass is 373 g/mol. The van der Waals surface area contributed by atoms with Crippen molar-refractivity contribution in [3.8, 4) is 0 Å². The van der Waals surface area contributed by atoms with Crippen LogP contribution in [-0.2, 0) is 9.47 Å². The van der Waals surface area contributed by atoms with E-state index < -0.39 is 5.79 Å². The van der Waals surface area contributed by atoms with Crippen LogP contribution in [0.5, 0.6) is 0 Å². The maximum atomic E-state index is 9.81. The highest BCUT2D eigenvalue weighted by Gasteiger charge is 3.09. The van der Waals surface area contributed by atoms with Gasteiger partial charge in [-0.15, -0.1) is 0 Å². The molecule has 7 aliphatic rings. The molecule has 1 spiro atoms. The van der Waals surface area contributed by atoms with Crippen molar-refractivity contribution in [2.75, 3.05) is 13.2 Å². The highest BCUT2D eigenvalue weighted by Crippen LogP contribution is 3.05. The Labute approximate surface area is 142 Å². The number of nitrogens with zero attached hydrogens (tertiary/aromatic N) is 1. The Balaban J connectivity index is 1.37. The van der Waals surface area contributed by atoms with Gasteiger partial charge in [0.15, 0.2) is 5.79 Å². The van der Waals surface area contributed by atoms with Crippen molar-refractivity contribution in [2.45, 2.75) is 10.1 Å². The molecule has 23 heavy (non-hydrogen) atoms. The van der Waals surface area contributed by atoms with Crippen molar-refractivity contribution in [3.05, 3.63) is 35.9 Å². The van der Waals surface area contributed by atoms with Crippen LogP contribution in [0.1, 0.15) is 5.56 Å². The number of alkyl halides is 1. The van der Waals surface area contributed by atoms with Crippen LogP contribution in [0, 0.1) is 40.9 Å². The number of oxime groups is 1. The second kappa shape index (κ2) is 3.26. The molecule has 1 N–H and O–H groups in total. The summed E-state index contributed by atoms with van der Waals surface area (Å²) in [4.78, 5) is 0. The predicted molar refractivity (Wildman–Crippen MR) is 84.4 cm³/mol. The molecule has 1 aromatic carbocycles. The molecule has 1 saturated heterocycles. The molecule has 6 aliphatic carbocycles. The van der Waals surface area contributed by atoms with E-state index in [1.807, 2.05) is 18.2 Å². The fourth-order valence-electron chi connectivity index (χ4n) is 8.08. The van der Waals surface area contributed by atoms with E-state index in [0.29, 0.717) is 48.7 Å². The van der Waals surface area contributed by atoms with E-state index in [9.17, 15) is 5.21 Å². The largest absolute Gasteiger partial charge is 0.411 e. The van der Waals surface area contributed by atoms with E-state index in [0.717, 1.165) is 11.3 Å². The van der Waals surface area contributed by atoms with Gasteiger partial charge in [0.25, 0.3) is 0 Å². The van der Waals surface area contributed by atoms with E-state index in [1.54, 1.807) is 0 Å². The van der Waals surface area contributed by atoms with Crippen LogP contribution in [0.15, 0.2) is 35.5 Å². The summed E-state index contributed by atoms with van der Waals surface area (Å²) in [6, 6.07) is 10.2.